The van der Waals surface area contributed by atoms with Gasteiger partial charge in [0, 0.05) is 12.3 Å². The van der Waals surface area contributed by atoms with Gasteiger partial charge in [-0.3, -0.25) is 4.79 Å². The van der Waals surface area contributed by atoms with E-state index in [1.54, 1.807) is 0 Å². The monoisotopic (exact) mass is 255 g/mol. The molecule has 19 heavy (non-hydrogen) atoms. The zero-order chi connectivity index (χ0) is 13.6. The van der Waals surface area contributed by atoms with Crippen LogP contribution in [0.4, 0.5) is 0 Å². The van der Waals surface area contributed by atoms with Gasteiger partial charge in [0.25, 0.3) is 0 Å². The van der Waals surface area contributed by atoms with E-state index in [0.29, 0.717) is 5.82 Å². The Balaban J connectivity index is 2.11. The van der Waals surface area contributed by atoms with Gasteiger partial charge in [-0.25, -0.2) is 9.67 Å². The maximum absolute atomic E-state index is 11.5. The standard InChI is InChI=1S/C15H17N3O/c1-10(19)13-16-14-15(2,3)9-12(18(14)17-13)11-7-5-4-6-8-11/h4-8,12H,9H2,1-3H3. The minimum atomic E-state index is -0.0792. The summed E-state index contributed by atoms with van der Waals surface area (Å²) in [5.74, 6) is 1.15. The van der Waals surface area contributed by atoms with Gasteiger partial charge in [-0.1, -0.05) is 44.2 Å². The number of fused-ring (bicyclic) bond motifs is 1. The van der Waals surface area contributed by atoms with Gasteiger partial charge < -0.3 is 0 Å². The molecular formula is C15H17N3O. The minimum Gasteiger partial charge on any atom is -0.291 e. The number of hydrogen-bond acceptors (Lipinski definition) is 3. The number of carbonyl (C=O) groups excluding carboxylic acids is 1. The molecule has 0 spiro atoms. The van der Waals surface area contributed by atoms with E-state index >= 15 is 0 Å². The smallest absolute Gasteiger partial charge is 0.217 e. The molecule has 1 aromatic heterocycles. The number of aromatic nitrogens is 3. The maximum Gasteiger partial charge on any atom is 0.217 e. The molecule has 2 heterocycles. The summed E-state index contributed by atoms with van der Waals surface area (Å²) in [4.78, 5) is 15.9. The number of Topliss-reactive ketones (excluding diaryl/α,β-unsaturated/α-hetero) is 1. The summed E-state index contributed by atoms with van der Waals surface area (Å²) in [5.41, 5.74) is 1.16. The molecule has 0 saturated heterocycles. The van der Waals surface area contributed by atoms with Crippen molar-refractivity contribution in [3.8, 4) is 0 Å². The second-order valence-corrected chi connectivity index (χ2v) is 5.77. The maximum atomic E-state index is 11.5. The van der Waals surface area contributed by atoms with Crippen LogP contribution in [0.5, 0.6) is 0 Å². The Kier molecular flexibility index (Phi) is 2.55. The Morgan fingerprint density at radius 1 is 1.32 bits per heavy atom. The summed E-state index contributed by atoms with van der Waals surface area (Å²) in [6.07, 6.45) is 0.963. The Morgan fingerprint density at radius 3 is 2.63 bits per heavy atom. The van der Waals surface area contributed by atoms with E-state index in [4.69, 9.17) is 0 Å². The number of nitrogens with zero attached hydrogens (tertiary/aromatic N) is 3. The van der Waals surface area contributed by atoms with Crippen LogP contribution in [0.15, 0.2) is 30.3 Å². The molecule has 0 aliphatic carbocycles. The molecular weight excluding hydrogens is 238 g/mol. The third-order valence-corrected chi connectivity index (χ3v) is 3.73. The van der Waals surface area contributed by atoms with Crippen LogP contribution in [0.25, 0.3) is 0 Å². The fraction of sp³-hybridized carbons (Fsp3) is 0.400. The molecule has 1 atom stereocenters. The van der Waals surface area contributed by atoms with Gasteiger partial charge in [-0.15, -0.1) is 5.10 Å². The van der Waals surface area contributed by atoms with E-state index in [1.807, 2.05) is 22.9 Å². The van der Waals surface area contributed by atoms with Gasteiger partial charge in [0.05, 0.1) is 6.04 Å². The van der Waals surface area contributed by atoms with E-state index in [2.05, 4.69) is 36.1 Å². The topological polar surface area (TPSA) is 47.8 Å². The van der Waals surface area contributed by atoms with Crippen molar-refractivity contribution >= 4 is 5.78 Å². The third kappa shape index (κ3) is 1.87. The van der Waals surface area contributed by atoms with Crippen molar-refractivity contribution in [2.75, 3.05) is 0 Å². The molecule has 0 bridgehead atoms. The second-order valence-electron chi connectivity index (χ2n) is 5.77. The highest BCUT2D eigenvalue weighted by Gasteiger charge is 2.41. The van der Waals surface area contributed by atoms with Crippen LogP contribution in [-0.4, -0.2) is 20.5 Å². The first-order chi connectivity index (χ1) is 8.99. The molecule has 0 fully saturated rings. The van der Waals surface area contributed by atoms with Crippen molar-refractivity contribution in [2.24, 2.45) is 0 Å². The Labute approximate surface area is 112 Å². The molecule has 3 rings (SSSR count). The minimum absolute atomic E-state index is 0.0544. The second kappa shape index (κ2) is 4.02. The molecule has 1 aliphatic rings. The molecule has 2 aromatic rings. The quantitative estimate of drug-likeness (QED) is 0.775. The molecule has 0 radical (unpaired) electrons. The molecule has 1 aliphatic heterocycles. The summed E-state index contributed by atoms with van der Waals surface area (Å²) >= 11 is 0. The molecule has 4 heteroatoms. The lowest BCUT2D eigenvalue weighted by atomic mass is 9.87. The zero-order valence-corrected chi connectivity index (χ0v) is 11.4. The normalized spacial score (nSPS) is 20.3. The van der Waals surface area contributed by atoms with E-state index in [9.17, 15) is 4.79 Å². The van der Waals surface area contributed by atoms with E-state index in [0.717, 1.165) is 12.2 Å². The van der Waals surface area contributed by atoms with Gasteiger partial charge in [-0.05, 0) is 12.0 Å². The van der Waals surface area contributed by atoms with Crippen LogP contribution in [0.1, 0.15) is 55.2 Å². The van der Waals surface area contributed by atoms with Crippen molar-refractivity contribution in [2.45, 2.75) is 38.6 Å². The number of ketones is 1. The average molecular weight is 255 g/mol. The number of carbonyl (C=O) groups is 1. The first kappa shape index (κ1) is 12.1. The van der Waals surface area contributed by atoms with Crippen LogP contribution in [-0.2, 0) is 5.41 Å². The number of rotatable bonds is 2. The fourth-order valence-corrected chi connectivity index (χ4v) is 2.75. The van der Waals surface area contributed by atoms with E-state index in [-0.39, 0.29) is 17.2 Å². The van der Waals surface area contributed by atoms with Gasteiger partial charge in [0.15, 0.2) is 5.78 Å². The van der Waals surface area contributed by atoms with Crippen LogP contribution >= 0.6 is 0 Å². The lowest BCUT2D eigenvalue weighted by Crippen LogP contribution is -2.14. The summed E-state index contributed by atoms with van der Waals surface area (Å²) in [6, 6.07) is 10.4. The van der Waals surface area contributed by atoms with Crippen LogP contribution in [0.3, 0.4) is 0 Å². The van der Waals surface area contributed by atoms with E-state index in [1.165, 1.54) is 12.5 Å². The van der Waals surface area contributed by atoms with Crippen LogP contribution in [0, 0.1) is 0 Å². The van der Waals surface area contributed by atoms with Crippen LogP contribution in [0.2, 0.25) is 0 Å². The molecule has 1 aromatic carbocycles. The fourth-order valence-electron chi connectivity index (χ4n) is 2.75. The van der Waals surface area contributed by atoms with Crippen molar-refractivity contribution in [1.82, 2.24) is 14.8 Å². The summed E-state index contributed by atoms with van der Waals surface area (Å²) in [7, 11) is 0. The molecule has 4 nitrogen and oxygen atoms in total. The highest BCUT2D eigenvalue weighted by Crippen LogP contribution is 2.42. The largest absolute Gasteiger partial charge is 0.291 e. The van der Waals surface area contributed by atoms with Crippen LogP contribution < -0.4 is 0 Å². The first-order valence-corrected chi connectivity index (χ1v) is 6.52. The van der Waals surface area contributed by atoms with Gasteiger partial charge in [-0.2, -0.15) is 0 Å². The summed E-state index contributed by atoms with van der Waals surface area (Å²) in [6.45, 7) is 5.82. The van der Waals surface area contributed by atoms with Gasteiger partial charge in [0.1, 0.15) is 5.82 Å². The number of hydrogen-bond donors (Lipinski definition) is 0. The molecule has 0 N–H and O–H groups in total. The SMILES string of the molecule is CC(=O)c1nc2n(n1)C(c1ccccc1)CC2(C)C. The Morgan fingerprint density at radius 2 is 2.00 bits per heavy atom. The highest BCUT2D eigenvalue weighted by molar-refractivity contribution is 5.90. The first-order valence-electron chi connectivity index (χ1n) is 6.52. The highest BCUT2D eigenvalue weighted by atomic mass is 16.1. The van der Waals surface area contributed by atoms with Gasteiger partial charge in [0.2, 0.25) is 5.82 Å². The van der Waals surface area contributed by atoms with E-state index < -0.39 is 0 Å². The zero-order valence-electron chi connectivity index (χ0n) is 11.4. The van der Waals surface area contributed by atoms with Crippen molar-refractivity contribution in [3.63, 3.8) is 0 Å². The molecule has 0 amide bonds. The Bertz CT molecular complexity index is 628. The predicted octanol–water partition coefficient (Wildman–Crippen LogP) is 2.75. The van der Waals surface area contributed by atoms with Crippen molar-refractivity contribution in [1.29, 1.82) is 0 Å². The predicted molar refractivity (Wildman–Crippen MR) is 72.3 cm³/mol. The third-order valence-electron chi connectivity index (χ3n) is 3.73. The molecule has 1 unspecified atom stereocenters. The Hall–Kier alpha value is -1.97. The summed E-state index contributed by atoms with van der Waals surface area (Å²) in [5, 5.41) is 4.40. The van der Waals surface area contributed by atoms with Crippen molar-refractivity contribution < 1.29 is 4.79 Å². The molecule has 0 saturated carbocycles. The average Bonchev–Trinajstić information content (AvgIpc) is 2.91. The molecule has 98 valence electrons. The van der Waals surface area contributed by atoms with Crippen molar-refractivity contribution in [3.05, 3.63) is 47.5 Å². The summed E-state index contributed by atoms with van der Waals surface area (Å²) < 4.78 is 1.92. The van der Waals surface area contributed by atoms with Gasteiger partial charge >= 0.3 is 0 Å². The lowest BCUT2D eigenvalue weighted by Gasteiger charge is -2.16. The lowest BCUT2D eigenvalue weighted by molar-refractivity contribution is 0.100. The number of benzene rings is 1.